The first-order chi connectivity index (χ1) is 14.9. The Morgan fingerprint density at radius 3 is 2.84 bits per heavy atom. The Morgan fingerprint density at radius 1 is 1.39 bits per heavy atom. The number of aromatic nitrogens is 1. The molecular weight excluding hydrogens is 430 g/mol. The maximum absolute atomic E-state index is 11.2. The van der Waals surface area contributed by atoms with Crippen LogP contribution in [0.15, 0.2) is 35.5 Å². The third kappa shape index (κ3) is 4.23. The molecule has 12 heteroatoms. The van der Waals surface area contributed by atoms with E-state index in [1.807, 2.05) is 0 Å². The zero-order valence-electron chi connectivity index (χ0n) is 16.3. The summed E-state index contributed by atoms with van der Waals surface area (Å²) in [7, 11) is 0. The average Bonchev–Trinajstić information content (AvgIpc) is 3.28. The molecule has 0 saturated carbocycles. The molecule has 3 heterocycles. The molecule has 1 fully saturated rings. The van der Waals surface area contributed by atoms with Crippen LogP contribution in [0.4, 0.5) is 11.5 Å². The van der Waals surface area contributed by atoms with Gasteiger partial charge in [-0.15, -0.1) is 0 Å². The van der Waals surface area contributed by atoms with Gasteiger partial charge in [-0.05, 0) is 6.07 Å². The second-order valence-electron chi connectivity index (χ2n) is 7.29. The number of aliphatic hydroxyl groups excluding tert-OH is 2. The monoisotopic (exact) mass is 451 g/mol. The van der Waals surface area contributed by atoms with Gasteiger partial charge in [0.2, 0.25) is 0 Å². The summed E-state index contributed by atoms with van der Waals surface area (Å²) in [6.07, 6.45) is -0.0191. The number of guanidine groups is 1. The number of benzene rings is 1. The lowest BCUT2D eigenvalue weighted by Crippen LogP contribution is -2.29. The molecule has 2 aliphatic heterocycles. The van der Waals surface area contributed by atoms with Crippen molar-refractivity contribution < 1.29 is 24.6 Å². The number of nitrogens with zero attached hydrogens (tertiary/aromatic N) is 3. The van der Waals surface area contributed by atoms with Gasteiger partial charge >= 0.3 is 0 Å². The van der Waals surface area contributed by atoms with Crippen molar-refractivity contribution in [1.82, 2.24) is 4.57 Å². The molecule has 1 aromatic heterocycles. The number of alkyl halides is 1. The van der Waals surface area contributed by atoms with Crippen molar-refractivity contribution >= 4 is 29.1 Å². The summed E-state index contributed by atoms with van der Waals surface area (Å²) in [5.41, 5.74) is 6.85. The molecule has 0 radical (unpaired) electrons. The molecule has 5 N–H and O–H groups in total. The SMILES string of the molecule is NC1=NC(Cl)c2c(COCc3ccccc3[N+](=O)[O-])cn([C@H]3CC(O)[C@@H](CO)O3)c2N1. The predicted octanol–water partition coefficient (Wildman–Crippen LogP) is 1.73. The molecule has 0 amide bonds. The van der Waals surface area contributed by atoms with Gasteiger partial charge in [0.15, 0.2) is 11.5 Å². The number of aliphatic hydroxyl groups is 2. The standard InChI is InChI=1S/C19H22ClN5O6/c20-17-16-11(9-30-8-10-3-1-2-4-12(10)25(28)29)6-24(18(16)23-19(21)22-17)15-5-13(27)14(7-26)31-15/h1-4,6,13-15,17,26-27H,5,7-9H2,(H3,21,22,23)/t13?,14-,15-,17?/m1/s1. The van der Waals surface area contributed by atoms with Gasteiger partial charge in [-0.25, -0.2) is 4.99 Å². The lowest BCUT2D eigenvalue weighted by Gasteiger charge is -2.22. The Balaban J connectivity index is 1.57. The minimum atomic E-state index is -0.812. The van der Waals surface area contributed by atoms with E-state index >= 15 is 0 Å². The van der Waals surface area contributed by atoms with Gasteiger partial charge in [-0.3, -0.25) is 10.1 Å². The van der Waals surface area contributed by atoms with Crippen LogP contribution in [0.5, 0.6) is 0 Å². The first-order valence-corrected chi connectivity index (χ1v) is 10.0. The lowest BCUT2D eigenvalue weighted by atomic mass is 10.1. The fourth-order valence-electron chi connectivity index (χ4n) is 3.81. The number of nitrogens with one attached hydrogen (secondary N) is 1. The smallest absolute Gasteiger partial charge is 0.274 e. The topological polar surface area (TPSA) is 157 Å². The Morgan fingerprint density at radius 2 is 2.13 bits per heavy atom. The zero-order chi connectivity index (χ0) is 22.1. The van der Waals surface area contributed by atoms with Crippen molar-refractivity contribution in [2.24, 2.45) is 10.7 Å². The van der Waals surface area contributed by atoms with E-state index in [-0.39, 0.29) is 37.9 Å². The van der Waals surface area contributed by atoms with E-state index in [2.05, 4.69) is 10.3 Å². The van der Waals surface area contributed by atoms with Crippen LogP contribution in [-0.4, -0.2) is 44.5 Å². The van der Waals surface area contributed by atoms with Crippen LogP contribution in [0.1, 0.15) is 34.8 Å². The molecule has 2 aromatic rings. The number of nitrogens with two attached hydrogens (primary N) is 1. The molecule has 1 saturated heterocycles. The molecule has 0 spiro atoms. The fraction of sp³-hybridized carbons (Fsp3) is 0.421. The maximum atomic E-state index is 11.2. The van der Waals surface area contributed by atoms with E-state index in [1.54, 1.807) is 29.0 Å². The van der Waals surface area contributed by atoms with Gasteiger partial charge < -0.3 is 35.3 Å². The van der Waals surface area contributed by atoms with Gasteiger partial charge in [0, 0.05) is 29.8 Å². The number of ether oxygens (including phenoxy) is 2. The molecule has 2 unspecified atom stereocenters. The third-order valence-electron chi connectivity index (χ3n) is 5.29. The van der Waals surface area contributed by atoms with Crippen molar-refractivity contribution in [2.45, 2.75) is 43.6 Å². The number of fused-ring (bicyclic) bond motifs is 1. The van der Waals surface area contributed by atoms with E-state index in [9.17, 15) is 20.3 Å². The van der Waals surface area contributed by atoms with Gasteiger partial charge in [0.1, 0.15) is 18.1 Å². The van der Waals surface area contributed by atoms with Crippen LogP contribution in [-0.2, 0) is 22.7 Å². The van der Waals surface area contributed by atoms with Gasteiger partial charge in [-0.1, -0.05) is 23.7 Å². The number of nitro benzene ring substituents is 1. The van der Waals surface area contributed by atoms with Gasteiger partial charge in [-0.2, -0.15) is 0 Å². The molecule has 0 aliphatic carbocycles. The van der Waals surface area contributed by atoms with E-state index < -0.39 is 28.9 Å². The Bertz CT molecular complexity index is 1010. The first kappa shape index (κ1) is 21.5. The fourth-order valence-corrected chi connectivity index (χ4v) is 4.15. The minimum absolute atomic E-state index is 0.0141. The average molecular weight is 452 g/mol. The largest absolute Gasteiger partial charge is 0.394 e. The van der Waals surface area contributed by atoms with Gasteiger partial charge in [0.25, 0.3) is 5.69 Å². The number of aliphatic imine (C=N–C) groups is 1. The number of halogens is 1. The van der Waals surface area contributed by atoms with Crippen molar-refractivity contribution in [2.75, 3.05) is 11.9 Å². The van der Waals surface area contributed by atoms with Crippen LogP contribution in [0.3, 0.4) is 0 Å². The molecule has 31 heavy (non-hydrogen) atoms. The first-order valence-electron chi connectivity index (χ1n) is 9.61. The quantitative estimate of drug-likeness (QED) is 0.214. The highest BCUT2D eigenvalue weighted by molar-refractivity contribution is 6.22. The Kier molecular flexibility index (Phi) is 6.12. The second-order valence-corrected chi connectivity index (χ2v) is 7.71. The summed E-state index contributed by atoms with van der Waals surface area (Å²) in [6, 6.07) is 6.37. The molecule has 1 aromatic carbocycles. The predicted molar refractivity (Wildman–Crippen MR) is 111 cm³/mol. The highest BCUT2D eigenvalue weighted by atomic mass is 35.5. The molecule has 166 valence electrons. The second kappa shape index (κ2) is 8.81. The normalized spacial score (nSPS) is 25.1. The summed E-state index contributed by atoms with van der Waals surface area (Å²) >= 11 is 6.42. The van der Waals surface area contributed by atoms with Crippen LogP contribution in [0.2, 0.25) is 0 Å². The Labute approximate surface area is 182 Å². The summed E-state index contributed by atoms with van der Waals surface area (Å²) in [6.45, 7) is -0.156. The lowest BCUT2D eigenvalue weighted by molar-refractivity contribution is -0.386. The summed E-state index contributed by atoms with van der Waals surface area (Å²) in [5, 5.41) is 33.6. The van der Waals surface area contributed by atoms with Crippen molar-refractivity contribution in [3.8, 4) is 0 Å². The number of nitro groups is 1. The van der Waals surface area contributed by atoms with Crippen LogP contribution >= 0.6 is 11.6 Å². The molecule has 0 bridgehead atoms. The Hall–Kier alpha value is -2.70. The van der Waals surface area contributed by atoms with Crippen molar-refractivity contribution in [3.05, 3.63) is 57.3 Å². The highest BCUT2D eigenvalue weighted by Crippen LogP contribution is 2.41. The third-order valence-corrected chi connectivity index (χ3v) is 5.60. The number of anilines is 1. The molecular formula is C19H22ClN5O6. The minimum Gasteiger partial charge on any atom is -0.394 e. The summed E-state index contributed by atoms with van der Waals surface area (Å²) in [5.74, 6) is 0.698. The van der Waals surface area contributed by atoms with Gasteiger partial charge in [0.05, 0.1) is 36.4 Å². The van der Waals surface area contributed by atoms with Crippen LogP contribution < -0.4 is 11.1 Å². The van der Waals surface area contributed by atoms with E-state index in [1.165, 1.54) is 6.07 Å². The van der Waals surface area contributed by atoms with Crippen LogP contribution in [0.25, 0.3) is 0 Å². The number of rotatable bonds is 7. The number of para-hydroxylation sites is 1. The van der Waals surface area contributed by atoms with Crippen molar-refractivity contribution in [3.63, 3.8) is 0 Å². The van der Waals surface area contributed by atoms with E-state index in [4.69, 9.17) is 26.8 Å². The summed E-state index contributed by atoms with van der Waals surface area (Å²) < 4.78 is 13.3. The van der Waals surface area contributed by atoms with E-state index in [0.717, 1.165) is 0 Å². The zero-order valence-corrected chi connectivity index (χ0v) is 17.1. The van der Waals surface area contributed by atoms with Crippen molar-refractivity contribution in [1.29, 1.82) is 0 Å². The summed E-state index contributed by atoms with van der Waals surface area (Å²) in [4.78, 5) is 14.9. The van der Waals surface area contributed by atoms with Crippen LogP contribution in [0, 0.1) is 10.1 Å². The molecule has 2 aliphatic rings. The van der Waals surface area contributed by atoms with E-state index in [0.29, 0.717) is 22.5 Å². The maximum Gasteiger partial charge on any atom is 0.274 e. The molecule has 4 atom stereocenters. The highest BCUT2D eigenvalue weighted by Gasteiger charge is 2.37. The number of hydrogen-bond acceptors (Lipinski definition) is 9. The molecule has 4 rings (SSSR count). The molecule has 11 nitrogen and oxygen atoms in total. The number of hydrogen-bond donors (Lipinski definition) is 4.